The van der Waals surface area contributed by atoms with Crippen molar-refractivity contribution < 1.29 is 9.32 Å². The van der Waals surface area contributed by atoms with Crippen molar-refractivity contribution in [1.82, 2.24) is 30.6 Å². The fourth-order valence-corrected chi connectivity index (χ4v) is 3.61. The Labute approximate surface area is 163 Å². The number of hydrogen-bond acceptors (Lipinski definition) is 6. The number of nitrogens with one attached hydrogen (secondary N) is 2. The van der Waals surface area contributed by atoms with Gasteiger partial charge in [0.05, 0.1) is 12.1 Å². The SMILES string of the molecule is CC(NC(=O)[C@H]1CNC[C@@H]1c1cnn(C)c1)c1nc(Cc2ccccc2)no1. The average Bonchev–Trinajstić information content (AvgIpc) is 3.42. The molecular weight excluding hydrogens is 356 g/mol. The van der Waals surface area contributed by atoms with E-state index in [1.54, 1.807) is 4.68 Å². The molecule has 1 aliphatic heterocycles. The van der Waals surface area contributed by atoms with Gasteiger partial charge in [-0.05, 0) is 18.1 Å². The summed E-state index contributed by atoms with van der Waals surface area (Å²) in [4.78, 5) is 17.3. The number of aryl methyl sites for hydroxylation is 1. The van der Waals surface area contributed by atoms with Crippen molar-refractivity contribution in [2.24, 2.45) is 13.0 Å². The summed E-state index contributed by atoms with van der Waals surface area (Å²) < 4.78 is 7.13. The molecule has 0 spiro atoms. The molecule has 1 amide bonds. The molecule has 146 valence electrons. The highest BCUT2D eigenvalue weighted by molar-refractivity contribution is 5.80. The summed E-state index contributed by atoms with van der Waals surface area (Å²) in [5, 5.41) is 14.6. The van der Waals surface area contributed by atoms with Crippen LogP contribution in [-0.2, 0) is 18.3 Å². The Hall–Kier alpha value is -3.00. The number of benzene rings is 1. The van der Waals surface area contributed by atoms with E-state index in [4.69, 9.17) is 4.52 Å². The third-order valence-electron chi connectivity index (χ3n) is 5.12. The van der Waals surface area contributed by atoms with Gasteiger partial charge in [-0.15, -0.1) is 0 Å². The van der Waals surface area contributed by atoms with Gasteiger partial charge in [-0.1, -0.05) is 35.5 Å². The molecular formula is C20H24N6O2. The first kappa shape index (κ1) is 18.4. The molecule has 3 heterocycles. The molecule has 0 saturated carbocycles. The number of carbonyl (C=O) groups excluding carboxylic acids is 1. The molecule has 28 heavy (non-hydrogen) atoms. The van der Waals surface area contributed by atoms with Crippen molar-refractivity contribution in [3.05, 3.63) is 65.6 Å². The Morgan fingerprint density at radius 3 is 2.93 bits per heavy atom. The van der Waals surface area contributed by atoms with E-state index in [2.05, 4.69) is 25.9 Å². The molecule has 1 unspecified atom stereocenters. The number of amides is 1. The third-order valence-corrected chi connectivity index (χ3v) is 5.12. The number of hydrogen-bond donors (Lipinski definition) is 2. The maximum absolute atomic E-state index is 12.8. The summed E-state index contributed by atoms with van der Waals surface area (Å²) >= 11 is 0. The molecule has 1 aliphatic rings. The summed E-state index contributed by atoms with van der Waals surface area (Å²) in [6, 6.07) is 9.62. The molecule has 0 radical (unpaired) electrons. The number of carbonyl (C=O) groups is 1. The van der Waals surface area contributed by atoms with Crippen LogP contribution in [-0.4, -0.2) is 38.9 Å². The number of rotatable bonds is 6. The Morgan fingerprint density at radius 2 is 2.18 bits per heavy atom. The van der Waals surface area contributed by atoms with E-state index in [9.17, 15) is 4.79 Å². The van der Waals surface area contributed by atoms with Crippen molar-refractivity contribution in [3.8, 4) is 0 Å². The van der Waals surface area contributed by atoms with E-state index in [1.165, 1.54) is 0 Å². The van der Waals surface area contributed by atoms with E-state index in [0.717, 1.165) is 17.7 Å². The molecule has 8 heteroatoms. The minimum atomic E-state index is -0.348. The Morgan fingerprint density at radius 1 is 1.36 bits per heavy atom. The smallest absolute Gasteiger partial charge is 0.248 e. The maximum atomic E-state index is 12.8. The Balaban J connectivity index is 1.39. The zero-order valence-corrected chi connectivity index (χ0v) is 16.0. The molecule has 1 fully saturated rings. The van der Waals surface area contributed by atoms with Gasteiger partial charge in [0.2, 0.25) is 11.8 Å². The van der Waals surface area contributed by atoms with Gasteiger partial charge in [0, 0.05) is 38.7 Å². The molecule has 2 aromatic heterocycles. The molecule has 8 nitrogen and oxygen atoms in total. The lowest BCUT2D eigenvalue weighted by Crippen LogP contribution is -2.36. The van der Waals surface area contributed by atoms with Gasteiger partial charge in [-0.3, -0.25) is 9.48 Å². The van der Waals surface area contributed by atoms with Gasteiger partial charge in [-0.25, -0.2) is 0 Å². The molecule has 0 aliphatic carbocycles. The fourth-order valence-electron chi connectivity index (χ4n) is 3.61. The van der Waals surface area contributed by atoms with Crippen LogP contribution in [0.5, 0.6) is 0 Å². The number of nitrogens with zero attached hydrogens (tertiary/aromatic N) is 4. The summed E-state index contributed by atoms with van der Waals surface area (Å²) in [6.45, 7) is 3.26. The highest BCUT2D eigenvalue weighted by Crippen LogP contribution is 2.28. The highest BCUT2D eigenvalue weighted by Gasteiger charge is 2.35. The van der Waals surface area contributed by atoms with Gasteiger partial charge in [0.15, 0.2) is 5.82 Å². The molecule has 3 atom stereocenters. The second-order valence-electron chi connectivity index (χ2n) is 7.26. The van der Waals surface area contributed by atoms with Crippen molar-refractivity contribution in [2.45, 2.75) is 25.3 Å². The second-order valence-corrected chi connectivity index (χ2v) is 7.26. The lowest BCUT2D eigenvalue weighted by molar-refractivity contribution is -0.125. The number of aromatic nitrogens is 4. The van der Waals surface area contributed by atoms with Crippen molar-refractivity contribution in [1.29, 1.82) is 0 Å². The van der Waals surface area contributed by atoms with Crippen molar-refractivity contribution in [3.63, 3.8) is 0 Å². The summed E-state index contributed by atoms with van der Waals surface area (Å²) in [5.41, 5.74) is 2.19. The minimum Gasteiger partial charge on any atom is -0.344 e. The van der Waals surface area contributed by atoms with Crippen molar-refractivity contribution >= 4 is 5.91 Å². The average molecular weight is 380 g/mol. The molecule has 3 aromatic rings. The van der Waals surface area contributed by atoms with E-state index < -0.39 is 0 Å². The van der Waals surface area contributed by atoms with Crippen LogP contribution in [0.3, 0.4) is 0 Å². The summed E-state index contributed by atoms with van der Waals surface area (Å²) in [7, 11) is 1.88. The van der Waals surface area contributed by atoms with Crippen LogP contribution in [0.15, 0.2) is 47.2 Å². The fraction of sp³-hybridized carbons (Fsp3) is 0.400. The van der Waals surface area contributed by atoms with E-state index >= 15 is 0 Å². The van der Waals surface area contributed by atoms with E-state index in [0.29, 0.717) is 24.7 Å². The zero-order chi connectivity index (χ0) is 19.5. The highest BCUT2D eigenvalue weighted by atomic mass is 16.5. The van der Waals surface area contributed by atoms with E-state index in [-0.39, 0.29) is 23.8 Å². The van der Waals surface area contributed by atoms with Crippen LogP contribution < -0.4 is 10.6 Å². The van der Waals surface area contributed by atoms with Gasteiger partial charge in [0.1, 0.15) is 6.04 Å². The standard InChI is InChI=1S/C20H24N6O2/c1-13(20-24-18(25-28-20)8-14-6-4-3-5-7-14)23-19(27)17-11-21-10-16(17)15-9-22-26(2)12-15/h3-7,9,12-13,16-17,21H,8,10-11H2,1-2H3,(H,23,27)/t13?,16-,17+/m1/s1. The van der Waals surface area contributed by atoms with Crippen LogP contribution in [0.4, 0.5) is 0 Å². The first-order chi connectivity index (χ1) is 13.6. The van der Waals surface area contributed by atoms with Crippen LogP contribution in [0.1, 0.15) is 41.7 Å². The van der Waals surface area contributed by atoms with Crippen LogP contribution >= 0.6 is 0 Å². The minimum absolute atomic E-state index is 0.0193. The predicted molar refractivity (Wildman–Crippen MR) is 102 cm³/mol. The molecule has 4 rings (SSSR count). The molecule has 0 bridgehead atoms. The lowest BCUT2D eigenvalue weighted by Gasteiger charge is -2.18. The topological polar surface area (TPSA) is 97.9 Å². The molecule has 1 saturated heterocycles. The van der Waals surface area contributed by atoms with E-state index in [1.807, 2.05) is 56.7 Å². The quantitative estimate of drug-likeness (QED) is 0.674. The lowest BCUT2D eigenvalue weighted by atomic mass is 9.90. The zero-order valence-electron chi connectivity index (χ0n) is 16.0. The first-order valence-corrected chi connectivity index (χ1v) is 9.46. The predicted octanol–water partition coefficient (Wildman–Crippen LogP) is 1.57. The monoisotopic (exact) mass is 380 g/mol. The first-order valence-electron chi connectivity index (χ1n) is 9.46. The van der Waals surface area contributed by atoms with Gasteiger partial charge < -0.3 is 15.2 Å². The van der Waals surface area contributed by atoms with Gasteiger partial charge in [-0.2, -0.15) is 10.1 Å². The largest absolute Gasteiger partial charge is 0.344 e. The Bertz CT molecular complexity index is 935. The normalized spacial score (nSPS) is 20.2. The summed E-state index contributed by atoms with van der Waals surface area (Å²) in [6.07, 6.45) is 4.39. The third kappa shape index (κ3) is 3.96. The maximum Gasteiger partial charge on any atom is 0.248 e. The van der Waals surface area contributed by atoms with Crippen LogP contribution in [0.2, 0.25) is 0 Å². The Kier molecular flexibility index (Phi) is 5.21. The molecule has 2 N–H and O–H groups in total. The second kappa shape index (κ2) is 7.93. The van der Waals surface area contributed by atoms with Crippen LogP contribution in [0.25, 0.3) is 0 Å². The molecule has 1 aromatic carbocycles. The van der Waals surface area contributed by atoms with Crippen molar-refractivity contribution in [2.75, 3.05) is 13.1 Å². The van der Waals surface area contributed by atoms with Gasteiger partial charge in [0.25, 0.3) is 0 Å². The van der Waals surface area contributed by atoms with Gasteiger partial charge >= 0.3 is 0 Å². The van der Waals surface area contributed by atoms with Crippen LogP contribution in [0, 0.1) is 5.92 Å². The summed E-state index contributed by atoms with van der Waals surface area (Å²) in [5.74, 6) is 0.964.